The number of carbonyl (C=O) groups is 2. The minimum atomic E-state index is -0.207. The molecule has 0 aliphatic heterocycles. The molecule has 0 unspecified atom stereocenters. The molecule has 0 bridgehead atoms. The number of hydrogen-bond donors (Lipinski definition) is 0. The first-order chi connectivity index (χ1) is 7.31. The van der Waals surface area contributed by atoms with Gasteiger partial charge in [-0.3, -0.25) is 9.59 Å². The van der Waals surface area contributed by atoms with Crippen LogP contribution in [0.3, 0.4) is 0 Å². The van der Waals surface area contributed by atoms with Gasteiger partial charge in [-0.2, -0.15) is 0 Å². The van der Waals surface area contributed by atoms with E-state index in [2.05, 4.69) is 11.7 Å². The Morgan fingerprint density at radius 3 is 2.53 bits per heavy atom. The molecule has 0 aliphatic carbocycles. The lowest BCUT2D eigenvalue weighted by Crippen LogP contribution is -2.09. The van der Waals surface area contributed by atoms with Crippen molar-refractivity contribution in [1.82, 2.24) is 0 Å². The SMILES string of the molecule is CCCCCCCC(=O)OCCOC=O. The van der Waals surface area contributed by atoms with Crippen molar-refractivity contribution in [2.24, 2.45) is 0 Å². The summed E-state index contributed by atoms with van der Waals surface area (Å²) in [5.41, 5.74) is 0. The molecule has 0 saturated heterocycles. The topological polar surface area (TPSA) is 52.6 Å². The van der Waals surface area contributed by atoms with Crippen LogP contribution in [0.1, 0.15) is 45.4 Å². The Labute approximate surface area is 90.9 Å². The van der Waals surface area contributed by atoms with Gasteiger partial charge in [0.05, 0.1) is 0 Å². The second-order valence-electron chi connectivity index (χ2n) is 3.35. The fourth-order valence-electron chi connectivity index (χ4n) is 1.20. The zero-order valence-electron chi connectivity index (χ0n) is 9.37. The minimum absolute atomic E-state index is 0.144. The molecule has 0 saturated carbocycles. The predicted octanol–water partition coefficient (Wildman–Crippen LogP) is 2.06. The lowest BCUT2D eigenvalue weighted by Gasteiger charge is -2.03. The number of hydrogen-bond acceptors (Lipinski definition) is 4. The molecule has 4 nitrogen and oxygen atoms in total. The molecular formula is C11H20O4. The maximum Gasteiger partial charge on any atom is 0.305 e. The van der Waals surface area contributed by atoms with Gasteiger partial charge in [-0.05, 0) is 6.42 Å². The standard InChI is InChI=1S/C11H20O4/c1-2-3-4-5-6-7-11(13)15-9-8-14-10-12/h10H,2-9H2,1H3. The van der Waals surface area contributed by atoms with Gasteiger partial charge < -0.3 is 9.47 Å². The maximum atomic E-state index is 11.1. The fraction of sp³-hybridized carbons (Fsp3) is 0.818. The number of ether oxygens (including phenoxy) is 2. The second kappa shape index (κ2) is 11.0. The van der Waals surface area contributed by atoms with E-state index in [0.29, 0.717) is 12.9 Å². The van der Waals surface area contributed by atoms with Gasteiger partial charge in [0.2, 0.25) is 0 Å². The van der Waals surface area contributed by atoms with E-state index in [4.69, 9.17) is 4.74 Å². The van der Waals surface area contributed by atoms with Crippen LogP contribution in [-0.2, 0) is 19.1 Å². The molecular weight excluding hydrogens is 196 g/mol. The predicted molar refractivity (Wildman–Crippen MR) is 56.4 cm³/mol. The van der Waals surface area contributed by atoms with Crippen LogP contribution in [0.4, 0.5) is 0 Å². The second-order valence-corrected chi connectivity index (χ2v) is 3.35. The van der Waals surface area contributed by atoms with Gasteiger partial charge in [-0.25, -0.2) is 0 Å². The van der Waals surface area contributed by atoms with Gasteiger partial charge in [0.1, 0.15) is 13.2 Å². The maximum absolute atomic E-state index is 11.1. The Morgan fingerprint density at radius 2 is 1.87 bits per heavy atom. The molecule has 0 spiro atoms. The van der Waals surface area contributed by atoms with Crippen LogP contribution in [0.5, 0.6) is 0 Å². The Hall–Kier alpha value is -1.06. The Bertz CT molecular complexity index is 168. The highest BCUT2D eigenvalue weighted by molar-refractivity contribution is 5.69. The Morgan fingerprint density at radius 1 is 1.13 bits per heavy atom. The van der Waals surface area contributed by atoms with Crippen LogP contribution < -0.4 is 0 Å². The van der Waals surface area contributed by atoms with E-state index < -0.39 is 0 Å². The third-order valence-electron chi connectivity index (χ3n) is 2.02. The third-order valence-corrected chi connectivity index (χ3v) is 2.02. The first-order valence-electron chi connectivity index (χ1n) is 5.52. The molecule has 0 rings (SSSR count). The molecule has 0 radical (unpaired) electrons. The largest absolute Gasteiger partial charge is 0.464 e. The van der Waals surface area contributed by atoms with Crippen molar-refractivity contribution in [2.75, 3.05) is 13.2 Å². The molecule has 88 valence electrons. The van der Waals surface area contributed by atoms with Gasteiger partial charge in [0.15, 0.2) is 0 Å². The van der Waals surface area contributed by atoms with Crippen molar-refractivity contribution in [1.29, 1.82) is 0 Å². The van der Waals surface area contributed by atoms with Crippen molar-refractivity contribution in [2.45, 2.75) is 45.4 Å². The summed E-state index contributed by atoms with van der Waals surface area (Å²) in [6, 6.07) is 0. The molecule has 0 atom stereocenters. The molecule has 0 amide bonds. The zero-order valence-corrected chi connectivity index (χ0v) is 9.37. The summed E-state index contributed by atoms with van der Waals surface area (Å²) in [5.74, 6) is -0.207. The first-order valence-corrected chi connectivity index (χ1v) is 5.52. The van der Waals surface area contributed by atoms with Crippen molar-refractivity contribution in [3.8, 4) is 0 Å². The van der Waals surface area contributed by atoms with Gasteiger partial charge in [-0.15, -0.1) is 0 Å². The zero-order chi connectivity index (χ0) is 11.4. The highest BCUT2D eigenvalue weighted by Crippen LogP contribution is 2.05. The van der Waals surface area contributed by atoms with E-state index in [1.807, 2.05) is 0 Å². The summed E-state index contributed by atoms with van der Waals surface area (Å²) in [7, 11) is 0. The van der Waals surface area contributed by atoms with E-state index >= 15 is 0 Å². The van der Waals surface area contributed by atoms with E-state index in [1.165, 1.54) is 19.3 Å². The molecule has 0 aliphatic rings. The van der Waals surface area contributed by atoms with Gasteiger partial charge in [0.25, 0.3) is 6.47 Å². The van der Waals surface area contributed by atoms with Crippen LogP contribution in [0.25, 0.3) is 0 Å². The van der Waals surface area contributed by atoms with E-state index in [9.17, 15) is 9.59 Å². The molecule has 0 aromatic heterocycles. The smallest absolute Gasteiger partial charge is 0.305 e. The number of rotatable bonds is 10. The van der Waals surface area contributed by atoms with Gasteiger partial charge in [0, 0.05) is 6.42 Å². The Balaban J connectivity index is 3.15. The number of carbonyl (C=O) groups excluding carboxylic acids is 2. The minimum Gasteiger partial charge on any atom is -0.464 e. The summed E-state index contributed by atoms with van der Waals surface area (Å²) in [5, 5.41) is 0. The highest BCUT2D eigenvalue weighted by Gasteiger charge is 2.01. The van der Waals surface area contributed by atoms with E-state index in [0.717, 1.165) is 12.8 Å². The number of unbranched alkanes of at least 4 members (excludes halogenated alkanes) is 4. The van der Waals surface area contributed by atoms with Crippen molar-refractivity contribution >= 4 is 12.4 Å². The van der Waals surface area contributed by atoms with Crippen LogP contribution in [0.15, 0.2) is 0 Å². The van der Waals surface area contributed by atoms with Crippen molar-refractivity contribution in [3.05, 3.63) is 0 Å². The monoisotopic (exact) mass is 216 g/mol. The number of esters is 1. The van der Waals surface area contributed by atoms with Gasteiger partial charge in [-0.1, -0.05) is 32.6 Å². The average Bonchev–Trinajstić information content (AvgIpc) is 2.24. The molecule has 0 N–H and O–H groups in total. The molecule has 15 heavy (non-hydrogen) atoms. The summed E-state index contributed by atoms with van der Waals surface area (Å²) in [6.07, 6.45) is 6.03. The highest BCUT2D eigenvalue weighted by atomic mass is 16.6. The fourth-order valence-corrected chi connectivity index (χ4v) is 1.20. The average molecular weight is 216 g/mol. The molecule has 0 aromatic carbocycles. The Kier molecular flexibility index (Phi) is 10.2. The van der Waals surface area contributed by atoms with Crippen LogP contribution in [0, 0.1) is 0 Å². The lowest BCUT2D eigenvalue weighted by molar-refractivity contribution is -0.147. The molecule has 0 aromatic rings. The van der Waals surface area contributed by atoms with Crippen molar-refractivity contribution < 1.29 is 19.1 Å². The quantitative estimate of drug-likeness (QED) is 0.318. The molecule has 0 heterocycles. The van der Waals surface area contributed by atoms with Crippen LogP contribution >= 0.6 is 0 Å². The summed E-state index contributed by atoms with van der Waals surface area (Å²) >= 11 is 0. The van der Waals surface area contributed by atoms with Gasteiger partial charge >= 0.3 is 5.97 Å². The summed E-state index contributed by atoms with van der Waals surface area (Å²) < 4.78 is 9.21. The normalized spacial score (nSPS) is 9.67. The van der Waals surface area contributed by atoms with Crippen LogP contribution in [0.2, 0.25) is 0 Å². The van der Waals surface area contributed by atoms with E-state index in [1.54, 1.807) is 0 Å². The van der Waals surface area contributed by atoms with Crippen molar-refractivity contribution in [3.63, 3.8) is 0 Å². The third kappa shape index (κ3) is 10.9. The first kappa shape index (κ1) is 13.9. The molecule has 0 fully saturated rings. The molecule has 4 heteroatoms. The van der Waals surface area contributed by atoms with E-state index in [-0.39, 0.29) is 19.2 Å². The van der Waals surface area contributed by atoms with Crippen LogP contribution in [-0.4, -0.2) is 25.7 Å². The summed E-state index contributed by atoms with van der Waals surface area (Å²) in [4.78, 5) is 20.8. The summed E-state index contributed by atoms with van der Waals surface area (Å²) in [6.45, 7) is 2.80. The lowest BCUT2D eigenvalue weighted by atomic mass is 10.1.